The van der Waals surface area contributed by atoms with Crippen molar-refractivity contribution in [2.75, 3.05) is 11.5 Å². The van der Waals surface area contributed by atoms with E-state index >= 15 is 0 Å². The van der Waals surface area contributed by atoms with Crippen molar-refractivity contribution < 1.29 is 13.2 Å². The van der Waals surface area contributed by atoms with Crippen LogP contribution >= 0.6 is 24.2 Å². The second kappa shape index (κ2) is 6.86. The van der Waals surface area contributed by atoms with Crippen molar-refractivity contribution in [2.24, 2.45) is 5.73 Å². The quantitative estimate of drug-likeness (QED) is 0.741. The summed E-state index contributed by atoms with van der Waals surface area (Å²) >= 11 is 1.24. The maximum absolute atomic E-state index is 11.5. The van der Waals surface area contributed by atoms with Gasteiger partial charge in [0.1, 0.15) is 0 Å². The first-order valence-electron chi connectivity index (χ1n) is 3.32. The standard InChI is InChI=1S/C6H12F3NS.ClH/c1-5(10)4-11-3-2-6(7,8)9;/h5H,2-4,10H2,1H3;1H. The molecule has 0 aromatic carbocycles. The molecule has 0 rings (SSSR count). The lowest BCUT2D eigenvalue weighted by molar-refractivity contribution is -0.129. The van der Waals surface area contributed by atoms with Gasteiger partial charge >= 0.3 is 6.18 Å². The number of rotatable bonds is 4. The Morgan fingerprint density at radius 1 is 1.42 bits per heavy atom. The number of thioether (sulfide) groups is 1. The molecule has 0 radical (unpaired) electrons. The molecule has 0 aromatic heterocycles. The molecule has 0 amide bonds. The van der Waals surface area contributed by atoms with Crippen LogP contribution in [-0.2, 0) is 0 Å². The average molecular weight is 224 g/mol. The molecule has 0 saturated carbocycles. The molecule has 0 heterocycles. The normalized spacial score (nSPS) is 13.8. The summed E-state index contributed by atoms with van der Waals surface area (Å²) in [5, 5.41) is 0. The van der Waals surface area contributed by atoms with E-state index in [4.69, 9.17) is 5.73 Å². The van der Waals surface area contributed by atoms with Crippen LogP contribution in [0.1, 0.15) is 13.3 Å². The highest BCUT2D eigenvalue weighted by Gasteiger charge is 2.25. The molecule has 6 heteroatoms. The van der Waals surface area contributed by atoms with Gasteiger partial charge in [-0.2, -0.15) is 24.9 Å². The number of nitrogens with two attached hydrogens (primary N) is 1. The average Bonchev–Trinajstić information content (AvgIpc) is 1.78. The second-order valence-electron chi connectivity index (χ2n) is 2.42. The highest BCUT2D eigenvalue weighted by molar-refractivity contribution is 7.99. The zero-order chi connectivity index (χ0) is 8.91. The third-order valence-electron chi connectivity index (χ3n) is 0.911. The van der Waals surface area contributed by atoms with Gasteiger partial charge in [-0.15, -0.1) is 12.4 Å². The van der Waals surface area contributed by atoms with Gasteiger partial charge in [0.2, 0.25) is 0 Å². The molecule has 0 spiro atoms. The van der Waals surface area contributed by atoms with Crippen LogP contribution in [-0.4, -0.2) is 23.7 Å². The molecule has 2 N–H and O–H groups in total. The van der Waals surface area contributed by atoms with Gasteiger partial charge in [0.05, 0.1) is 6.42 Å². The van der Waals surface area contributed by atoms with Gasteiger partial charge in [-0.05, 0) is 6.92 Å². The van der Waals surface area contributed by atoms with Crippen molar-refractivity contribution in [3.05, 3.63) is 0 Å². The summed E-state index contributed by atoms with van der Waals surface area (Å²) in [6.07, 6.45) is -4.74. The Hall–Kier alpha value is 0.390. The Morgan fingerprint density at radius 2 is 1.92 bits per heavy atom. The molecule has 0 aliphatic carbocycles. The third kappa shape index (κ3) is 13.0. The summed E-state index contributed by atoms with van der Waals surface area (Å²) in [5.41, 5.74) is 5.34. The Morgan fingerprint density at radius 3 is 2.25 bits per heavy atom. The lowest BCUT2D eigenvalue weighted by atomic mass is 10.4. The van der Waals surface area contributed by atoms with Crippen LogP contribution in [0.4, 0.5) is 13.2 Å². The zero-order valence-corrected chi connectivity index (χ0v) is 8.36. The van der Waals surface area contributed by atoms with Crippen LogP contribution < -0.4 is 5.73 Å². The molecule has 0 aliphatic rings. The molecule has 1 unspecified atom stereocenters. The molecule has 0 fully saturated rings. The summed E-state index contributed by atoms with van der Waals surface area (Å²) in [6, 6.07) is -0.0202. The summed E-state index contributed by atoms with van der Waals surface area (Å²) in [5.74, 6) is 0.709. The number of alkyl halides is 3. The van der Waals surface area contributed by atoms with E-state index in [2.05, 4.69) is 0 Å². The number of halogens is 4. The lowest BCUT2D eigenvalue weighted by Crippen LogP contribution is -2.18. The molecular weight excluding hydrogens is 211 g/mol. The SMILES string of the molecule is CC(N)CSCCC(F)(F)F.Cl. The summed E-state index contributed by atoms with van der Waals surface area (Å²) < 4.78 is 34.6. The van der Waals surface area contributed by atoms with Crippen LogP contribution in [0.5, 0.6) is 0 Å². The van der Waals surface area contributed by atoms with Crippen LogP contribution in [0.15, 0.2) is 0 Å². The van der Waals surface area contributed by atoms with Gasteiger partial charge in [-0.1, -0.05) is 0 Å². The lowest BCUT2D eigenvalue weighted by Gasteiger charge is -2.06. The molecule has 12 heavy (non-hydrogen) atoms. The van der Waals surface area contributed by atoms with Gasteiger partial charge in [-0.25, -0.2) is 0 Å². The van der Waals surface area contributed by atoms with E-state index in [0.29, 0.717) is 5.75 Å². The van der Waals surface area contributed by atoms with E-state index in [1.807, 2.05) is 0 Å². The van der Waals surface area contributed by atoms with E-state index in [1.165, 1.54) is 11.8 Å². The van der Waals surface area contributed by atoms with Crippen molar-refractivity contribution in [3.8, 4) is 0 Å². The van der Waals surface area contributed by atoms with E-state index in [1.54, 1.807) is 6.92 Å². The fourth-order valence-corrected chi connectivity index (χ4v) is 1.37. The maximum atomic E-state index is 11.5. The van der Waals surface area contributed by atoms with Crippen molar-refractivity contribution >= 4 is 24.2 Å². The third-order valence-corrected chi connectivity index (χ3v) is 2.16. The van der Waals surface area contributed by atoms with E-state index in [-0.39, 0.29) is 24.2 Å². The maximum Gasteiger partial charge on any atom is 0.389 e. The smallest absolute Gasteiger partial charge is 0.327 e. The fourth-order valence-electron chi connectivity index (χ4n) is 0.457. The minimum Gasteiger partial charge on any atom is -0.327 e. The number of hydrogen-bond acceptors (Lipinski definition) is 2. The first-order chi connectivity index (χ1) is 4.92. The van der Waals surface area contributed by atoms with Crippen LogP contribution in [0.2, 0.25) is 0 Å². The molecule has 1 atom stereocenters. The van der Waals surface area contributed by atoms with Crippen LogP contribution in [0, 0.1) is 0 Å². The van der Waals surface area contributed by atoms with Gasteiger partial charge in [0.15, 0.2) is 0 Å². The topological polar surface area (TPSA) is 26.0 Å². The van der Waals surface area contributed by atoms with E-state index < -0.39 is 12.6 Å². The largest absolute Gasteiger partial charge is 0.389 e. The van der Waals surface area contributed by atoms with Crippen LogP contribution in [0.25, 0.3) is 0 Å². The minimum absolute atomic E-state index is 0. The molecule has 0 bridgehead atoms. The Labute approximate surface area is 80.7 Å². The van der Waals surface area contributed by atoms with E-state index in [9.17, 15) is 13.2 Å². The van der Waals surface area contributed by atoms with Gasteiger partial charge in [0, 0.05) is 17.5 Å². The molecule has 76 valence electrons. The van der Waals surface area contributed by atoms with Crippen LogP contribution in [0.3, 0.4) is 0 Å². The summed E-state index contributed by atoms with van der Waals surface area (Å²) in [6.45, 7) is 1.78. The minimum atomic E-state index is -4.02. The zero-order valence-electron chi connectivity index (χ0n) is 6.73. The summed E-state index contributed by atoms with van der Waals surface area (Å²) in [7, 11) is 0. The predicted octanol–water partition coefficient (Wildman–Crippen LogP) is 2.44. The molecule has 1 nitrogen and oxygen atoms in total. The van der Waals surface area contributed by atoms with Crippen molar-refractivity contribution in [3.63, 3.8) is 0 Å². The van der Waals surface area contributed by atoms with Crippen molar-refractivity contribution in [1.82, 2.24) is 0 Å². The van der Waals surface area contributed by atoms with Crippen molar-refractivity contribution in [2.45, 2.75) is 25.6 Å². The molecule has 0 aromatic rings. The molecular formula is C6H13ClF3NS. The van der Waals surface area contributed by atoms with Gasteiger partial charge in [0.25, 0.3) is 0 Å². The highest BCUT2D eigenvalue weighted by atomic mass is 35.5. The number of hydrogen-bond donors (Lipinski definition) is 1. The van der Waals surface area contributed by atoms with Gasteiger partial charge < -0.3 is 5.73 Å². The predicted molar refractivity (Wildman–Crippen MR) is 48.9 cm³/mol. The van der Waals surface area contributed by atoms with Gasteiger partial charge in [-0.3, -0.25) is 0 Å². The van der Waals surface area contributed by atoms with E-state index in [0.717, 1.165) is 0 Å². The first kappa shape index (κ1) is 14.9. The second-order valence-corrected chi connectivity index (χ2v) is 3.57. The molecule has 0 aliphatic heterocycles. The highest BCUT2D eigenvalue weighted by Crippen LogP contribution is 2.21. The fraction of sp³-hybridized carbons (Fsp3) is 1.00. The Balaban J connectivity index is 0. The Bertz CT molecular complexity index is 107. The Kier molecular flexibility index (Phi) is 8.51. The first-order valence-corrected chi connectivity index (χ1v) is 4.47. The monoisotopic (exact) mass is 223 g/mol. The molecule has 0 saturated heterocycles. The summed E-state index contributed by atoms with van der Waals surface area (Å²) in [4.78, 5) is 0. The van der Waals surface area contributed by atoms with Crippen molar-refractivity contribution in [1.29, 1.82) is 0 Å².